The van der Waals surface area contributed by atoms with Gasteiger partial charge in [-0.2, -0.15) is 0 Å². The van der Waals surface area contributed by atoms with Crippen molar-refractivity contribution in [3.8, 4) is 11.4 Å². The van der Waals surface area contributed by atoms with Gasteiger partial charge in [-0.3, -0.25) is 4.79 Å². The number of nitrogens with zero attached hydrogens (tertiary/aromatic N) is 3. The Hall–Kier alpha value is -3.86. The van der Waals surface area contributed by atoms with E-state index in [9.17, 15) is 22.0 Å². The Morgan fingerprint density at radius 3 is 2.81 bits per heavy atom. The summed E-state index contributed by atoms with van der Waals surface area (Å²) in [5, 5.41) is 2.76. The van der Waals surface area contributed by atoms with Crippen molar-refractivity contribution in [3.05, 3.63) is 72.0 Å². The van der Waals surface area contributed by atoms with E-state index in [1.165, 1.54) is 12.2 Å². The van der Waals surface area contributed by atoms with E-state index < -0.39 is 27.6 Å². The van der Waals surface area contributed by atoms with Gasteiger partial charge >= 0.3 is 0 Å². The molecule has 3 aromatic rings. The molecule has 0 atom stereocenters. The minimum absolute atomic E-state index is 0.00491. The fourth-order valence-corrected chi connectivity index (χ4v) is 4.40. The number of carbonyl (C=O) groups is 1. The highest BCUT2D eigenvalue weighted by molar-refractivity contribution is 7.90. The number of anilines is 1. The third-order valence-corrected chi connectivity index (χ3v) is 6.17. The molecule has 0 fully saturated rings. The molecule has 3 heterocycles. The molecule has 0 bridgehead atoms. The molecule has 0 saturated heterocycles. The predicted molar refractivity (Wildman–Crippen MR) is 115 cm³/mol. The Kier molecular flexibility index (Phi) is 4.63. The molecule has 0 radical (unpaired) electrons. The van der Waals surface area contributed by atoms with E-state index in [1.54, 1.807) is 29.3 Å². The van der Waals surface area contributed by atoms with Crippen LogP contribution in [0, 0.1) is 11.6 Å². The molecule has 0 saturated carbocycles. The van der Waals surface area contributed by atoms with Crippen LogP contribution >= 0.6 is 0 Å². The summed E-state index contributed by atoms with van der Waals surface area (Å²) < 4.78 is 54.4. The summed E-state index contributed by atoms with van der Waals surface area (Å²) in [6, 6.07) is 8.03. The van der Waals surface area contributed by atoms with E-state index in [2.05, 4.69) is 19.7 Å². The smallest absolute Gasteiger partial charge is 0.257 e. The van der Waals surface area contributed by atoms with Crippen LogP contribution in [-0.2, 0) is 14.8 Å². The average Bonchev–Trinajstić information content (AvgIpc) is 3.17. The van der Waals surface area contributed by atoms with Crippen LogP contribution in [0.1, 0.15) is 0 Å². The topological polar surface area (TPSA) is 108 Å². The van der Waals surface area contributed by atoms with Crippen molar-refractivity contribution >= 4 is 38.5 Å². The second-order valence-corrected chi connectivity index (χ2v) is 9.00. The number of carbonyl (C=O) groups excluding carboxylic acids is 1. The number of amidine groups is 1. The molecule has 32 heavy (non-hydrogen) atoms. The Morgan fingerprint density at radius 2 is 1.97 bits per heavy atom. The number of imidazole rings is 1. The lowest BCUT2D eigenvalue weighted by Gasteiger charge is -2.26. The first kappa shape index (κ1) is 20.1. The maximum Gasteiger partial charge on any atom is 0.257 e. The first-order valence-electron chi connectivity index (χ1n) is 9.53. The van der Waals surface area contributed by atoms with Crippen LogP contribution in [-0.4, -0.2) is 47.3 Å². The van der Waals surface area contributed by atoms with E-state index in [-0.39, 0.29) is 29.5 Å². The van der Waals surface area contributed by atoms with Gasteiger partial charge in [0.1, 0.15) is 23.3 Å². The minimum atomic E-state index is -3.47. The number of amides is 1. The molecular formula is C21H15F2N5O3S. The molecule has 8 nitrogen and oxygen atoms in total. The SMILES string of the molecule is O=C(Nc1ccc2nc(-c3cc(F)ccc3F)[nH]c2c1)C1=CN2CCS(=O)(=O)N=C2C=C1. The lowest BCUT2D eigenvalue weighted by Crippen LogP contribution is -2.37. The highest BCUT2D eigenvalue weighted by Crippen LogP contribution is 2.26. The van der Waals surface area contributed by atoms with Gasteiger partial charge in [0, 0.05) is 18.4 Å². The Morgan fingerprint density at radius 1 is 1.12 bits per heavy atom. The van der Waals surface area contributed by atoms with Crippen LogP contribution in [0.2, 0.25) is 0 Å². The van der Waals surface area contributed by atoms with Gasteiger partial charge in [0.2, 0.25) is 0 Å². The van der Waals surface area contributed by atoms with Crippen molar-refractivity contribution in [2.75, 3.05) is 17.6 Å². The lowest BCUT2D eigenvalue weighted by atomic mass is 10.1. The number of sulfonamides is 1. The fraction of sp³-hybridized carbons (Fsp3) is 0.0952. The second kappa shape index (κ2) is 7.38. The maximum atomic E-state index is 14.1. The zero-order valence-corrected chi connectivity index (χ0v) is 17.2. The molecule has 1 amide bonds. The van der Waals surface area contributed by atoms with Crippen molar-refractivity contribution in [2.45, 2.75) is 0 Å². The summed E-state index contributed by atoms with van der Waals surface area (Å²) in [5.41, 5.74) is 1.85. The number of rotatable bonds is 3. The molecule has 0 aliphatic carbocycles. The van der Waals surface area contributed by atoms with Crippen LogP contribution in [0.4, 0.5) is 14.5 Å². The Balaban J connectivity index is 1.38. The van der Waals surface area contributed by atoms with Crippen LogP contribution in [0.15, 0.2) is 64.7 Å². The van der Waals surface area contributed by atoms with Gasteiger partial charge in [-0.05, 0) is 48.6 Å². The van der Waals surface area contributed by atoms with E-state index in [1.807, 2.05) is 0 Å². The predicted octanol–water partition coefficient (Wildman–Crippen LogP) is 2.94. The number of hydrogen-bond donors (Lipinski definition) is 2. The summed E-state index contributed by atoms with van der Waals surface area (Å²) in [4.78, 5) is 21.5. The number of nitrogens with one attached hydrogen (secondary N) is 2. The quantitative estimate of drug-likeness (QED) is 0.632. The summed E-state index contributed by atoms with van der Waals surface area (Å²) in [5.74, 6) is -1.27. The van der Waals surface area contributed by atoms with Crippen LogP contribution < -0.4 is 5.32 Å². The van der Waals surface area contributed by atoms with Crippen molar-refractivity contribution in [2.24, 2.45) is 4.40 Å². The molecule has 1 aromatic heterocycles. The average molecular weight is 455 g/mol. The monoisotopic (exact) mass is 455 g/mol. The molecule has 2 N–H and O–H groups in total. The molecule has 11 heteroatoms. The summed E-state index contributed by atoms with van der Waals surface area (Å²) in [6.45, 7) is 0.210. The van der Waals surface area contributed by atoms with Crippen LogP contribution in [0.3, 0.4) is 0 Å². The fourth-order valence-electron chi connectivity index (χ4n) is 3.43. The van der Waals surface area contributed by atoms with Crippen LogP contribution in [0.5, 0.6) is 0 Å². The summed E-state index contributed by atoms with van der Waals surface area (Å²) in [6.07, 6.45) is 4.51. The number of aromatic amines is 1. The first-order valence-corrected chi connectivity index (χ1v) is 11.1. The number of halogens is 2. The first-order chi connectivity index (χ1) is 15.3. The highest BCUT2D eigenvalue weighted by Gasteiger charge is 2.25. The number of benzene rings is 2. The van der Waals surface area contributed by atoms with Crippen molar-refractivity contribution in [1.82, 2.24) is 14.9 Å². The zero-order chi connectivity index (χ0) is 22.5. The molecule has 162 valence electrons. The zero-order valence-electron chi connectivity index (χ0n) is 16.3. The molecule has 5 rings (SSSR count). The summed E-state index contributed by atoms with van der Waals surface area (Å²) >= 11 is 0. The van der Waals surface area contributed by atoms with Gasteiger partial charge in [-0.15, -0.1) is 4.40 Å². The number of hydrogen-bond acceptors (Lipinski definition) is 5. The Labute approximate surface area is 181 Å². The van der Waals surface area contributed by atoms with Gasteiger partial charge in [-0.1, -0.05) is 0 Å². The van der Waals surface area contributed by atoms with E-state index in [0.717, 1.165) is 18.2 Å². The van der Waals surface area contributed by atoms with E-state index in [0.29, 0.717) is 22.3 Å². The van der Waals surface area contributed by atoms with Crippen molar-refractivity contribution in [1.29, 1.82) is 0 Å². The van der Waals surface area contributed by atoms with Gasteiger partial charge in [-0.25, -0.2) is 22.2 Å². The third-order valence-electron chi connectivity index (χ3n) is 5.01. The molecular weight excluding hydrogens is 440 g/mol. The van der Waals surface area contributed by atoms with E-state index >= 15 is 0 Å². The molecule has 2 aromatic carbocycles. The highest BCUT2D eigenvalue weighted by atomic mass is 32.2. The molecule has 0 unspecified atom stereocenters. The van der Waals surface area contributed by atoms with Gasteiger partial charge in [0.25, 0.3) is 15.9 Å². The Bertz CT molecular complexity index is 1470. The number of H-pyrrole nitrogens is 1. The van der Waals surface area contributed by atoms with E-state index in [4.69, 9.17) is 0 Å². The third kappa shape index (κ3) is 3.78. The van der Waals surface area contributed by atoms with Gasteiger partial charge in [0.05, 0.1) is 27.9 Å². The largest absolute Gasteiger partial charge is 0.338 e. The van der Waals surface area contributed by atoms with Crippen molar-refractivity contribution < 1.29 is 22.0 Å². The molecule has 2 aliphatic heterocycles. The van der Waals surface area contributed by atoms with Crippen molar-refractivity contribution in [3.63, 3.8) is 0 Å². The normalized spacial score (nSPS) is 17.0. The molecule has 0 spiro atoms. The molecule has 2 aliphatic rings. The minimum Gasteiger partial charge on any atom is -0.338 e. The summed E-state index contributed by atoms with van der Waals surface area (Å²) in [7, 11) is -3.47. The van der Waals surface area contributed by atoms with Crippen LogP contribution in [0.25, 0.3) is 22.4 Å². The lowest BCUT2D eigenvalue weighted by molar-refractivity contribution is -0.112. The van der Waals surface area contributed by atoms with Gasteiger partial charge in [0.15, 0.2) is 0 Å². The number of aromatic nitrogens is 2. The second-order valence-electron chi connectivity index (χ2n) is 7.24. The van der Waals surface area contributed by atoms with Gasteiger partial charge < -0.3 is 15.2 Å². The standard InChI is InChI=1S/C21H15F2N5O3S/c22-13-2-4-16(23)15(9-13)20-25-17-5-3-14(10-18(17)26-20)24-21(29)12-1-6-19-27-32(30,31)8-7-28(19)11-12/h1-6,9-11H,7-8H2,(H,24,29)(H,25,26). The number of fused-ring (bicyclic) bond motifs is 2. The maximum absolute atomic E-state index is 14.1.